The van der Waals surface area contributed by atoms with Gasteiger partial charge in [-0.05, 0) is 31.6 Å². The van der Waals surface area contributed by atoms with Gasteiger partial charge in [-0.15, -0.1) is 0 Å². The van der Waals surface area contributed by atoms with Gasteiger partial charge in [0.05, 0.1) is 0 Å². The molecule has 1 aromatic rings. The Morgan fingerprint density at radius 2 is 1.89 bits per heavy atom. The second-order valence-corrected chi connectivity index (χ2v) is 5.98. The van der Waals surface area contributed by atoms with Crippen LogP contribution in [-0.4, -0.2) is 23.6 Å². The van der Waals surface area contributed by atoms with Crippen LogP contribution in [0.5, 0.6) is 0 Å². The Balaban J connectivity index is 2.14. The molecule has 1 aliphatic carbocycles. The van der Waals surface area contributed by atoms with Gasteiger partial charge in [0.2, 0.25) is 0 Å². The van der Waals surface area contributed by atoms with Crippen molar-refractivity contribution in [1.82, 2.24) is 9.97 Å². The van der Waals surface area contributed by atoms with Gasteiger partial charge < -0.3 is 10.6 Å². The third kappa shape index (κ3) is 3.17. The Labute approximate surface area is 116 Å². The summed E-state index contributed by atoms with van der Waals surface area (Å²) in [7, 11) is 1.92. The predicted molar refractivity (Wildman–Crippen MR) is 80.8 cm³/mol. The van der Waals surface area contributed by atoms with Gasteiger partial charge in [0.15, 0.2) is 0 Å². The van der Waals surface area contributed by atoms with Crippen molar-refractivity contribution in [2.75, 3.05) is 24.2 Å². The van der Waals surface area contributed by atoms with Crippen molar-refractivity contribution in [3.05, 3.63) is 11.4 Å². The maximum atomic E-state index is 4.67. The van der Waals surface area contributed by atoms with Crippen molar-refractivity contribution >= 4 is 11.6 Å². The number of anilines is 2. The van der Waals surface area contributed by atoms with Crippen molar-refractivity contribution in [1.29, 1.82) is 0 Å². The third-order valence-corrected chi connectivity index (χ3v) is 4.15. The van der Waals surface area contributed by atoms with Crippen molar-refractivity contribution in [2.45, 2.75) is 52.9 Å². The molecule has 0 atom stereocenters. The number of hydrogen-bond donors (Lipinski definition) is 2. The van der Waals surface area contributed by atoms with Crippen LogP contribution in [0.2, 0.25) is 0 Å². The van der Waals surface area contributed by atoms with Crippen LogP contribution in [0.4, 0.5) is 11.6 Å². The standard InChI is InChI=1S/C15H26N4/c1-5-7-12-18-13(16-4)11(2)14(19-12)17-10-15(3)8-6-9-15/h5-10H2,1-4H3,(H2,16,17,18,19). The summed E-state index contributed by atoms with van der Waals surface area (Å²) in [5, 5.41) is 6.71. The summed E-state index contributed by atoms with van der Waals surface area (Å²) >= 11 is 0. The molecule has 0 bridgehead atoms. The van der Waals surface area contributed by atoms with Crippen molar-refractivity contribution in [3.63, 3.8) is 0 Å². The molecule has 2 rings (SSSR count). The maximum Gasteiger partial charge on any atom is 0.134 e. The lowest BCUT2D eigenvalue weighted by Gasteiger charge is -2.38. The largest absolute Gasteiger partial charge is 0.373 e. The van der Waals surface area contributed by atoms with E-state index >= 15 is 0 Å². The fourth-order valence-corrected chi connectivity index (χ4v) is 2.57. The van der Waals surface area contributed by atoms with Crippen LogP contribution >= 0.6 is 0 Å². The summed E-state index contributed by atoms with van der Waals surface area (Å²) in [4.78, 5) is 9.23. The molecule has 0 aliphatic heterocycles. The molecule has 0 spiro atoms. The number of hydrogen-bond acceptors (Lipinski definition) is 4. The van der Waals surface area contributed by atoms with E-state index in [1.54, 1.807) is 0 Å². The topological polar surface area (TPSA) is 49.8 Å². The average Bonchev–Trinajstić information content (AvgIpc) is 2.37. The highest BCUT2D eigenvalue weighted by atomic mass is 15.1. The molecule has 1 fully saturated rings. The highest BCUT2D eigenvalue weighted by Gasteiger charge is 2.31. The van der Waals surface area contributed by atoms with E-state index in [2.05, 4.69) is 41.4 Å². The maximum absolute atomic E-state index is 4.67. The van der Waals surface area contributed by atoms with Crippen LogP contribution in [0.15, 0.2) is 0 Å². The summed E-state index contributed by atoms with van der Waals surface area (Å²) < 4.78 is 0. The third-order valence-electron chi connectivity index (χ3n) is 4.15. The second kappa shape index (κ2) is 5.76. The van der Waals surface area contributed by atoms with Gasteiger partial charge in [0.1, 0.15) is 17.5 Å². The SMILES string of the molecule is CCCc1nc(NC)c(C)c(NCC2(C)CCC2)n1. The molecule has 0 aromatic carbocycles. The number of aromatic nitrogens is 2. The van der Waals surface area contributed by atoms with E-state index in [4.69, 9.17) is 0 Å². The molecule has 2 N–H and O–H groups in total. The van der Waals surface area contributed by atoms with Gasteiger partial charge in [-0.25, -0.2) is 9.97 Å². The summed E-state index contributed by atoms with van der Waals surface area (Å²) in [6.45, 7) is 7.60. The highest BCUT2D eigenvalue weighted by molar-refractivity contribution is 5.57. The Morgan fingerprint density at radius 1 is 1.21 bits per heavy atom. The predicted octanol–water partition coefficient (Wildman–Crippen LogP) is 3.38. The Morgan fingerprint density at radius 3 is 2.42 bits per heavy atom. The van der Waals surface area contributed by atoms with Gasteiger partial charge in [0.25, 0.3) is 0 Å². The van der Waals surface area contributed by atoms with Gasteiger partial charge >= 0.3 is 0 Å². The van der Waals surface area contributed by atoms with Gasteiger partial charge in [0, 0.05) is 25.6 Å². The van der Waals surface area contributed by atoms with Crippen LogP contribution in [-0.2, 0) is 6.42 Å². The Bertz CT molecular complexity index is 438. The molecule has 1 aliphatic rings. The van der Waals surface area contributed by atoms with Gasteiger partial charge in [-0.1, -0.05) is 20.3 Å². The first-order valence-corrected chi connectivity index (χ1v) is 7.37. The van der Waals surface area contributed by atoms with Crippen LogP contribution in [0, 0.1) is 12.3 Å². The lowest BCUT2D eigenvalue weighted by molar-refractivity contribution is 0.180. The van der Waals surface area contributed by atoms with Crippen molar-refractivity contribution < 1.29 is 0 Å². The Kier molecular flexibility index (Phi) is 4.27. The minimum atomic E-state index is 0.460. The van der Waals surface area contributed by atoms with E-state index in [0.29, 0.717) is 5.41 Å². The molecule has 0 amide bonds. The normalized spacial score (nSPS) is 16.8. The van der Waals surface area contributed by atoms with E-state index in [0.717, 1.165) is 42.4 Å². The molecule has 1 aromatic heterocycles. The molecular weight excluding hydrogens is 236 g/mol. The first-order chi connectivity index (χ1) is 9.08. The van der Waals surface area contributed by atoms with E-state index in [1.807, 2.05) is 7.05 Å². The van der Waals surface area contributed by atoms with Crippen LogP contribution in [0.25, 0.3) is 0 Å². The summed E-state index contributed by atoms with van der Waals surface area (Å²) in [5.41, 5.74) is 1.58. The van der Waals surface area contributed by atoms with Crippen molar-refractivity contribution in [2.24, 2.45) is 5.41 Å². The number of nitrogens with one attached hydrogen (secondary N) is 2. The smallest absolute Gasteiger partial charge is 0.134 e. The molecule has 19 heavy (non-hydrogen) atoms. The molecule has 1 saturated carbocycles. The quantitative estimate of drug-likeness (QED) is 0.825. The monoisotopic (exact) mass is 262 g/mol. The van der Waals surface area contributed by atoms with Crippen molar-refractivity contribution in [3.8, 4) is 0 Å². The molecule has 4 nitrogen and oxygen atoms in total. The zero-order valence-electron chi connectivity index (χ0n) is 12.6. The number of aryl methyl sites for hydroxylation is 1. The molecule has 106 valence electrons. The molecule has 0 radical (unpaired) electrons. The van der Waals surface area contributed by atoms with E-state index in [1.165, 1.54) is 19.3 Å². The average molecular weight is 262 g/mol. The minimum Gasteiger partial charge on any atom is -0.373 e. The fourth-order valence-electron chi connectivity index (χ4n) is 2.57. The van der Waals surface area contributed by atoms with Gasteiger partial charge in [-0.3, -0.25) is 0 Å². The Hall–Kier alpha value is -1.32. The number of nitrogens with zero attached hydrogens (tertiary/aromatic N) is 2. The van der Waals surface area contributed by atoms with Crippen LogP contribution < -0.4 is 10.6 Å². The summed E-state index contributed by atoms with van der Waals surface area (Å²) in [6.07, 6.45) is 6.02. The zero-order chi connectivity index (χ0) is 13.9. The minimum absolute atomic E-state index is 0.460. The van der Waals surface area contributed by atoms with E-state index in [-0.39, 0.29) is 0 Å². The number of rotatable bonds is 6. The molecule has 1 heterocycles. The van der Waals surface area contributed by atoms with Gasteiger partial charge in [-0.2, -0.15) is 0 Å². The first kappa shape index (κ1) is 14.1. The molecule has 0 saturated heterocycles. The summed E-state index contributed by atoms with van der Waals surface area (Å²) in [5.74, 6) is 2.87. The second-order valence-electron chi connectivity index (χ2n) is 5.98. The fraction of sp³-hybridized carbons (Fsp3) is 0.733. The first-order valence-electron chi connectivity index (χ1n) is 7.37. The molecule has 0 unspecified atom stereocenters. The lowest BCUT2D eigenvalue weighted by Crippen LogP contribution is -2.33. The lowest BCUT2D eigenvalue weighted by atomic mass is 9.70. The summed E-state index contributed by atoms with van der Waals surface area (Å²) in [6, 6.07) is 0. The zero-order valence-corrected chi connectivity index (χ0v) is 12.6. The van der Waals surface area contributed by atoms with Crippen LogP contribution in [0.1, 0.15) is 50.9 Å². The van der Waals surface area contributed by atoms with E-state index in [9.17, 15) is 0 Å². The van der Waals surface area contributed by atoms with Crippen LogP contribution in [0.3, 0.4) is 0 Å². The van der Waals surface area contributed by atoms with E-state index < -0.39 is 0 Å². The molecule has 4 heteroatoms. The molecular formula is C15H26N4. The highest BCUT2D eigenvalue weighted by Crippen LogP contribution is 2.40.